The summed E-state index contributed by atoms with van der Waals surface area (Å²) >= 11 is 5.88. The highest BCUT2D eigenvalue weighted by molar-refractivity contribution is 6.30. The first-order valence-corrected chi connectivity index (χ1v) is 7.00. The van der Waals surface area contributed by atoms with Gasteiger partial charge in [0.25, 0.3) is 0 Å². The Labute approximate surface area is 119 Å². The van der Waals surface area contributed by atoms with E-state index >= 15 is 0 Å². The van der Waals surface area contributed by atoms with Crippen molar-refractivity contribution in [1.29, 1.82) is 5.26 Å². The van der Waals surface area contributed by atoms with E-state index in [0.717, 1.165) is 44.2 Å². The van der Waals surface area contributed by atoms with Crippen LogP contribution in [-0.2, 0) is 11.2 Å². The molecule has 1 aliphatic rings. The molecule has 1 fully saturated rings. The predicted molar refractivity (Wildman–Crippen MR) is 76.2 cm³/mol. The fraction of sp³-hybridized carbons (Fsp3) is 0.533. The number of benzene rings is 1. The van der Waals surface area contributed by atoms with Crippen LogP contribution in [0.3, 0.4) is 0 Å². The average Bonchev–Trinajstić information content (AvgIpc) is 2.47. The highest BCUT2D eigenvalue weighted by atomic mass is 35.5. The monoisotopic (exact) mass is 278 g/mol. The Morgan fingerprint density at radius 2 is 1.95 bits per heavy atom. The van der Waals surface area contributed by atoms with Crippen molar-refractivity contribution >= 4 is 11.6 Å². The normalized spacial score (nSPS) is 19.6. The Bertz CT molecular complexity index is 448. The average molecular weight is 279 g/mol. The molecule has 0 spiro atoms. The Balaban J connectivity index is 1.98. The van der Waals surface area contributed by atoms with Gasteiger partial charge < -0.3 is 4.74 Å². The van der Waals surface area contributed by atoms with E-state index in [2.05, 4.69) is 11.0 Å². The second-order valence-corrected chi connectivity index (χ2v) is 5.55. The smallest absolute Gasteiger partial charge is 0.106 e. The zero-order valence-corrected chi connectivity index (χ0v) is 12.0. The quantitative estimate of drug-likeness (QED) is 0.850. The van der Waals surface area contributed by atoms with Gasteiger partial charge in [0.2, 0.25) is 0 Å². The van der Waals surface area contributed by atoms with Gasteiger partial charge in [0.05, 0.1) is 19.3 Å². The summed E-state index contributed by atoms with van der Waals surface area (Å²) in [6, 6.07) is 10.3. The van der Waals surface area contributed by atoms with E-state index in [0.29, 0.717) is 0 Å². The summed E-state index contributed by atoms with van der Waals surface area (Å²) in [5.41, 5.74) is 0.808. The number of nitrogens with zero attached hydrogens (tertiary/aromatic N) is 2. The van der Waals surface area contributed by atoms with Crippen LogP contribution in [0.4, 0.5) is 0 Å². The maximum absolute atomic E-state index is 9.51. The molecule has 102 valence electrons. The molecule has 1 saturated heterocycles. The first-order chi connectivity index (χ1) is 9.14. The van der Waals surface area contributed by atoms with E-state index in [9.17, 15) is 5.26 Å². The van der Waals surface area contributed by atoms with E-state index in [4.69, 9.17) is 16.3 Å². The molecule has 1 aromatic carbocycles. The van der Waals surface area contributed by atoms with E-state index in [-0.39, 0.29) is 0 Å². The number of halogens is 1. The lowest BCUT2D eigenvalue weighted by atomic mass is 9.92. The van der Waals surface area contributed by atoms with E-state index in [1.54, 1.807) is 0 Å². The molecule has 0 saturated carbocycles. The van der Waals surface area contributed by atoms with Crippen molar-refractivity contribution in [2.75, 3.05) is 26.3 Å². The van der Waals surface area contributed by atoms with E-state index in [1.165, 1.54) is 5.56 Å². The summed E-state index contributed by atoms with van der Waals surface area (Å²) in [5.74, 6) is 0. The first-order valence-electron chi connectivity index (χ1n) is 6.62. The van der Waals surface area contributed by atoms with Crippen molar-refractivity contribution in [3.05, 3.63) is 34.9 Å². The molecule has 1 atom stereocenters. The first kappa shape index (κ1) is 14.3. The van der Waals surface area contributed by atoms with Gasteiger partial charge in [-0.25, -0.2) is 0 Å². The minimum Gasteiger partial charge on any atom is -0.379 e. The summed E-state index contributed by atoms with van der Waals surface area (Å²) in [6.07, 6.45) is 1.71. The molecule has 3 nitrogen and oxygen atoms in total. The summed E-state index contributed by atoms with van der Waals surface area (Å²) < 4.78 is 5.35. The highest BCUT2D eigenvalue weighted by Gasteiger charge is 2.32. The van der Waals surface area contributed by atoms with Gasteiger partial charge in [0.1, 0.15) is 5.54 Å². The van der Waals surface area contributed by atoms with Gasteiger partial charge in [-0.05, 0) is 37.5 Å². The van der Waals surface area contributed by atoms with Crippen LogP contribution in [0.2, 0.25) is 5.02 Å². The summed E-state index contributed by atoms with van der Waals surface area (Å²) in [6.45, 7) is 5.14. The molecule has 2 rings (SSSR count). The molecule has 1 unspecified atom stereocenters. The van der Waals surface area contributed by atoms with Crippen molar-refractivity contribution in [3.8, 4) is 6.07 Å². The third-order valence-corrected chi connectivity index (χ3v) is 4.02. The molecule has 0 amide bonds. The van der Waals surface area contributed by atoms with E-state index in [1.807, 2.05) is 31.2 Å². The van der Waals surface area contributed by atoms with E-state index < -0.39 is 5.54 Å². The van der Waals surface area contributed by atoms with Gasteiger partial charge in [-0.15, -0.1) is 0 Å². The molecular weight excluding hydrogens is 260 g/mol. The fourth-order valence-electron chi connectivity index (χ4n) is 2.38. The lowest BCUT2D eigenvalue weighted by Crippen LogP contribution is -2.51. The molecule has 0 aromatic heterocycles. The van der Waals surface area contributed by atoms with Gasteiger partial charge in [0.15, 0.2) is 0 Å². The zero-order chi connectivity index (χ0) is 13.7. The van der Waals surface area contributed by atoms with Crippen molar-refractivity contribution in [3.63, 3.8) is 0 Å². The van der Waals surface area contributed by atoms with Gasteiger partial charge >= 0.3 is 0 Å². The minimum atomic E-state index is -0.413. The van der Waals surface area contributed by atoms with Crippen LogP contribution in [0, 0.1) is 11.3 Å². The number of rotatable bonds is 4. The number of hydrogen-bond acceptors (Lipinski definition) is 3. The highest BCUT2D eigenvalue weighted by Crippen LogP contribution is 2.23. The summed E-state index contributed by atoms with van der Waals surface area (Å²) in [4.78, 5) is 2.23. The van der Waals surface area contributed by atoms with Crippen LogP contribution in [0.5, 0.6) is 0 Å². The van der Waals surface area contributed by atoms with Crippen LogP contribution >= 0.6 is 11.6 Å². The second-order valence-electron chi connectivity index (χ2n) is 5.11. The Morgan fingerprint density at radius 1 is 1.32 bits per heavy atom. The number of ether oxygens (including phenoxy) is 1. The number of morpholine rings is 1. The molecule has 1 aliphatic heterocycles. The zero-order valence-electron chi connectivity index (χ0n) is 11.2. The SMILES string of the molecule is CC(C#N)(CCc1ccc(Cl)cc1)N1CCOCC1. The lowest BCUT2D eigenvalue weighted by Gasteiger charge is -2.38. The molecule has 1 heterocycles. The molecule has 0 N–H and O–H groups in total. The maximum Gasteiger partial charge on any atom is 0.106 e. The van der Waals surface area contributed by atoms with Crippen LogP contribution < -0.4 is 0 Å². The summed E-state index contributed by atoms with van der Waals surface area (Å²) in [7, 11) is 0. The van der Waals surface area contributed by atoms with Crippen LogP contribution in [-0.4, -0.2) is 36.7 Å². The Hall–Kier alpha value is -1.08. The molecule has 0 bridgehead atoms. The minimum absolute atomic E-state index is 0.413. The van der Waals surface area contributed by atoms with Crippen molar-refractivity contribution in [1.82, 2.24) is 4.90 Å². The van der Waals surface area contributed by atoms with Gasteiger partial charge in [-0.1, -0.05) is 23.7 Å². The number of nitriles is 1. The van der Waals surface area contributed by atoms with Crippen LogP contribution in [0.1, 0.15) is 18.9 Å². The summed E-state index contributed by atoms with van der Waals surface area (Å²) in [5, 5.41) is 10.3. The molecule has 0 aliphatic carbocycles. The standard InChI is InChI=1S/C15H19ClN2O/c1-15(12-17,18-8-10-19-11-9-18)7-6-13-2-4-14(16)5-3-13/h2-5H,6-11H2,1H3. The van der Waals surface area contributed by atoms with Crippen molar-refractivity contribution < 1.29 is 4.74 Å². The largest absolute Gasteiger partial charge is 0.379 e. The molecule has 19 heavy (non-hydrogen) atoms. The topological polar surface area (TPSA) is 36.3 Å². The van der Waals surface area contributed by atoms with Gasteiger partial charge in [0, 0.05) is 18.1 Å². The molecular formula is C15H19ClN2O. The number of aryl methyl sites for hydroxylation is 1. The van der Waals surface area contributed by atoms with Crippen LogP contribution in [0.25, 0.3) is 0 Å². The second kappa shape index (κ2) is 6.38. The number of hydrogen-bond donors (Lipinski definition) is 0. The maximum atomic E-state index is 9.51. The predicted octanol–water partition coefficient (Wildman–Crippen LogP) is 2.89. The molecule has 4 heteroatoms. The molecule has 0 radical (unpaired) electrons. The third kappa shape index (κ3) is 3.70. The Kier molecular flexibility index (Phi) is 4.81. The fourth-order valence-corrected chi connectivity index (χ4v) is 2.51. The van der Waals surface area contributed by atoms with Crippen molar-refractivity contribution in [2.24, 2.45) is 0 Å². The lowest BCUT2D eigenvalue weighted by molar-refractivity contribution is -0.000448. The van der Waals surface area contributed by atoms with Crippen LogP contribution in [0.15, 0.2) is 24.3 Å². The molecule has 1 aromatic rings. The third-order valence-electron chi connectivity index (χ3n) is 3.76. The van der Waals surface area contributed by atoms with Gasteiger partial charge in [-0.2, -0.15) is 5.26 Å². The van der Waals surface area contributed by atoms with Gasteiger partial charge in [-0.3, -0.25) is 4.90 Å². The van der Waals surface area contributed by atoms with Crippen molar-refractivity contribution in [2.45, 2.75) is 25.3 Å². The Morgan fingerprint density at radius 3 is 2.53 bits per heavy atom.